The Morgan fingerprint density at radius 3 is 2.36 bits per heavy atom. The van der Waals surface area contributed by atoms with Crippen LogP contribution in [-0.4, -0.2) is 42.3 Å². The summed E-state index contributed by atoms with van der Waals surface area (Å²) in [5, 5.41) is 13.1. The predicted octanol–water partition coefficient (Wildman–Crippen LogP) is 4.36. The van der Waals surface area contributed by atoms with Crippen LogP contribution in [0.3, 0.4) is 0 Å². The SMILES string of the molecule is CN(C)c1nc(NCCO)nc2oc(-c3ccc(C4(N)CCC4)cc3)c(-c3ccccc3)c12. The summed E-state index contributed by atoms with van der Waals surface area (Å²) in [4.78, 5) is 11.3. The molecule has 1 aliphatic carbocycles. The van der Waals surface area contributed by atoms with Crippen LogP contribution in [0.2, 0.25) is 0 Å². The van der Waals surface area contributed by atoms with E-state index in [4.69, 9.17) is 15.1 Å². The minimum atomic E-state index is -0.203. The van der Waals surface area contributed by atoms with Crippen molar-refractivity contribution in [3.8, 4) is 22.5 Å². The molecule has 4 aromatic rings. The summed E-state index contributed by atoms with van der Waals surface area (Å²) in [5.41, 5.74) is 11.0. The minimum Gasteiger partial charge on any atom is -0.437 e. The maximum atomic E-state index is 9.21. The number of fused-ring (bicyclic) bond motifs is 1. The molecule has 0 atom stereocenters. The zero-order valence-electron chi connectivity index (χ0n) is 19.0. The van der Waals surface area contributed by atoms with Crippen LogP contribution in [0.25, 0.3) is 33.6 Å². The van der Waals surface area contributed by atoms with Gasteiger partial charge in [-0.15, -0.1) is 0 Å². The normalized spacial score (nSPS) is 14.8. The van der Waals surface area contributed by atoms with E-state index < -0.39 is 0 Å². The van der Waals surface area contributed by atoms with Gasteiger partial charge in [0.05, 0.1) is 12.0 Å². The molecule has 33 heavy (non-hydrogen) atoms. The average Bonchev–Trinajstić information content (AvgIpc) is 3.20. The lowest BCUT2D eigenvalue weighted by Gasteiger charge is -2.38. The number of benzene rings is 2. The van der Waals surface area contributed by atoms with Gasteiger partial charge in [0.2, 0.25) is 11.7 Å². The highest BCUT2D eigenvalue weighted by Gasteiger charge is 2.34. The zero-order valence-corrected chi connectivity index (χ0v) is 19.0. The number of aromatic nitrogens is 2. The van der Waals surface area contributed by atoms with Gasteiger partial charge < -0.3 is 25.5 Å². The highest BCUT2D eigenvalue weighted by atomic mass is 16.3. The van der Waals surface area contributed by atoms with E-state index in [2.05, 4.69) is 46.7 Å². The van der Waals surface area contributed by atoms with E-state index in [9.17, 15) is 5.11 Å². The van der Waals surface area contributed by atoms with Crippen LogP contribution in [0.4, 0.5) is 11.8 Å². The van der Waals surface area contributed by atoms with Crippen LogP contribution in [-0.2, 0) is 5.54 Å². The Hall–Kier alpha value is -3.42. The highest BCUT2D eigenvalue weighted by Crippen LogP contribution is 2.45. The van der Waals surface area contributed by atoms with Crippen molar-refractivity contribution >= 4 is 22.9 Å². The molecule has 4 N–H and O–H groups in total. The van der Waals surface area contributed by atoms with Crippen LogP contribution in [0.15, 0.2) is 59.0 Å². The Labute approximate surface area is 193 Å². The summed E-state index contributed by atoms with van der Waals surface area (Å²) in [5.74, 6) is 1.92. The lowest BCUT2D eigenvalue weighted by atomic mass is 9.72. The van der Waals surface area contributed by atoms with Crippen molar-refractivity contribution in [1.82, 2.24) is 9.97 Å². The number of hydrogen-bond acceptors (Lipinski definition) is 7. The molecule has 1 aliphatic rings. The van der Waals surface area contributed by atoms with Crippen LogP contribution in [0.1, 0.15) is 24.8 Å². The maximum absolute atomic E-state index is 9.21. The van der Waals surface area contributed by atoms with Crippen molar-refractivity contribution in [2.24, 2.45) is 5.73 Å². The van der Waals surface area contributed by atoms with Gasteiger partial charge in [-0.05, 0) is 30.4 Å². The van der Waals surface area contributed by atoms with Crippen LogP contribution < -0.4 is 16.0 Å². The molecule has 0 spiro atoms. The number of anilines is 2. The third-order valence-corrected chi connectivity index (χ3v) is 6.38. The number of furan rings is 1. The largest absolute Gasteiger partial charge is 0.437 e. The van der Waals surface area contributed by atoms with E-state index in [1.807, 2.05) is 37.2 Å². The zero-order chi connectivity index (χ0) is 23.0. The molecular formula is C26H29N5O2. The van der Waals surface area contributed by atoms with Gasteiger partial charge in [0, 0.05) is 37.3 Å². The predicted molar refractivity (Wildman–Crippen MR) is 132 cm³/mol. The highest BCUT2D eigenvalue weighted by molar-refractivity contribution is 6.06. The summed E-state index contributed by atoms with van der Waals surface area (Å²) < 4.78 is 6.41. The fourth-order valence-electron chi connectivity index (χ4n) is 4.44. The summed E-state index contributed by atoms with van der Waals surface area (Å²) in [7, 11) is 3.90. The van der Waals surface area contributed by atoms with Gasteiger partial charge >= 0.3 is 0 Å². The van der Waals surface area contributed by atoms with Crippen LogP contribution in [0.5, 0.6) is 0 Å². The summed E-state index contributed by atoms with van der Waals surface area (Å²) in [6.07, 6.45) is 3.23. The van der Waals surface area contributed by atoms with E-state index in [-0.39, 0.29) is 12.1 Å². The van der Waals surface area contributed by atoms with Gasteiger partial charge in [-0.25, -0.2) is 0 Å². The van der Waals surface area contributed by atoms with Gasteiger partial charge in [0.15, 0.2) is 0 Å². The van der Waals surface area contributed by atoms with Crippen molar-refractivity contribution in [1.29, 1.82) is 0 Å². The van der Waals surface area contributed by atoms with Gasteiger partial charge in [-0.2, -0.15) is 9.97 Å². The Morgan fingerprint density at radius 1 is 1.03 bits per heavy atom. The molecule has 1 fully saturated rings. The maximum Gasteiger partial charge on any atom is 0.234 e. The van der Waals surface area contributed by atoms with Crippen molar-refractivity contribution < 1.29 is 9.52 Å². The first-order valence-electron chi connectivity index (χ1n) is 11.3. The molecule has 7 heteroatoms. The molecule has 0 aliphatic heterocycles. The Bertz CT molecular complexity index is 1260. The molecule has 7 nitrogen and oxygen atoms in total. The van der Waals surface area contributed by atoms with E-state index in [0.29, 0.717) is 18.2 Å². The van der Waals surface area contributed by atoms with Gasteiger partial charge in [-0.3, -0.25) is 0 Å². The standard InChI is InChI=1S/C26H29N5O2/c1-31(2)23-21-20(17-7-4-3-5-8-17)22(33-24(21)30-25(29-23)28-15-16-32)18-9-11-19(12-10-18)26(27)13-6-14-26/h3-5,7-12,32H,6,13-16,27H2,1-2H3,(H,28,29,30). The summed E-state index contributed by atoms with van der Waals surface area (Å²) >= 11 is 0. The number of nitrogens with zero attached hydrogens (tertiary/aromatic N) is 3. The molecule has 0 unspecified atom stereocenters. The molecule has 2 aromatic heterocycles. The first-order valence-corrected chi connectivity index (χ1v) is 11.3. The van der Waals surface area contributed by atoms with E-state index >= 15 is 0 Å². The van der Waals surface area contributed by atoms with Crippen molar-refractivity contribution in [2.75, 3.05) is 37.5 Å². The number of aliphatic hydroxyl groups is 1. The summed E-state index contributed by atoms with van der Waals surface area (Å²) in [6, 6.07) is 18.6. The third kappa shape index (κ3) is 3.83. The molecule has 2 aromatic carbocycles. The summed E-state index contributed by atoms with van der Waals surface area (Å²) in [6.45, 7) is 0.353. The average molecular weight is 444 g/mol. The molecule has 2 heterocycles. The second kappa shape index (κ2) is 8.50. The van der Waals surface area contributed by atoms with E-state index in [1.54, 1.807) is 0 Å². The molecule has 0 amide bonds. The van der Waals surface area contributed by atoms with Gasteiger partial charge in [-0.1, -0.05) is 54.6 Å². The molecule has 0 saturated heterocycles. The number of aliphatic hydroxyl groups excluding tert-OH is 1. The number of nitrogens with two attached hydrogens (primary N) is 1. The van der Waals surface area contributed by atoms with Crippen LogP contribution in [0, 0.1) is 0 Å². The van der Waals surface area contributed by atoms with Crippen molar-refractivity contribution in [3.05, 3.63) is 60.2 Å². The third-order valence-electron chi connectivity index (χ3n) is 6.38. The second-order valence-corrected chi connectivity index (χ2v) is 8.86. The molecule has 1 saturated carbocycles. The fourth-order valence-corrected chi connectivity index (χ4v) is 4.44. The second-order valence-electron chi connectivity index (χ2n) is 8.86. The quantitative estimate of drug-likeness (QED) is 0.390. The van der Waals surface area contributed by atoms with Gasteiger partial charge in [0.25, 0.3) is 0 Å². The van der Waals surface area contributed by atoms with E-state index in [1.165, 1.54) is 12.0 Å². The lowest BCUT2D eigenvalue weighted by molar-refractivity contribution is 0.253. The van der Waals surface area contributed by atoms with Crippen molar-refractivity contribution in [2.45, 2.75) is 24.8 Å². The smallest absolute Gasteiger partial charge is 0.234 e. The number of nitrogens with one attached hydrogen (secondary N) is 1. The first-order chi connectivity index (χ1) is 16.0. The molecule has 5 rings (SSSR count). The van der Waals surface area contributed by atoms with Gasteiger partial charge in [0.1, 0.15) is 11.6 Å². The molecule has 0 bridgehead atoms. The minimum absolute atomic E-state index is 0.00759. The Kier molecular flexibility index (Phi) is 5.52. The van der Waals surface area contributed by atoms with Crippen molar-refractivity contribution in [3.63, 3.8) is 0 Å². The molecule has 170 valence electrons. The lowest BCUT2D eigenvalue weighted by Crippen LogP contribution is -2.43. The monoisotopic (exact) mass is 443 g/mol. The number of rotatable bonds is 7. The molecule has 0 radical (unpaired) electrons. The van der Waals surface area contributed by atoms with E-state index in [0.717, 1.165) is 46.5 Å². The Morgan fingerprint density at radius 2 is 1.76 bits per heavy atom. The first kappa shape index (κ1) is 21.4. The fraction of sp³-hybridized carbons (Fsp3) is 0.308. The topological polar surface area (TPSA) is 100 Å². The number of hydrogen-bond donors (Lipinski definition) is 3. The Balaban J connectivity index is 1.71. The van der Waals surface area contributed by atoms with Crippen LogP contribution >= 0.6 is 0 Å². The molecular weight excluding hydrogens is 414 g/mol.